The first kappa shape index (κ1) is 14.8. The van der Waals surface area contributed by atoms with Gasteiger partial charge in [-0.2, -0.15) is 0 Å². The zero-order valence-corrected chi connectivity index (χ0v) is 13.8. The van der Waals surface area contributed by atoms with Crippen molar-refractivity contribution in [2.24, 2.45) is 7.05 Å². The first-order chi connectivity index (χ1) is 9.20. The van der Waals surface area contributed by atoms with Crippen LogP contribution in [0.4, 0.5) is 0 Å². The van der Waals surface area contributed by atoms with E-state index in [0.29, 0.717) is 0 Å². The Hall–Kier alpha value is -1.63. The van der Waals surface area contributed by atoms with Gasteiger partial charge in [0.1, 0.15) is 7.05 Å². The Kier molecular flexibility index (Phi) is 3.73. The Morgan fingerprint density at radius 1 is 0.850 bits per heavy atom. The Bertz CT molecular complexity index is 646. The maximum absolute atomic E-state index is 2.32. The smallest absolute Gasteiger partial charge is 0.201 e. The lowest BCUT2D eigenvalue weighted by molar-refractivity contribution is -0.660. The predicted octanol–water partition coefficient (Wildman–Crippen LogP) is 4.40. The van der Waals surface area contributed by atoms with Crippen molar-refractivity contribution >= 4 is 0 Å². The fourth-order valence-electron chi connectivity index (χ4n) is 2.57. The molecule has 0 radical (unpaired) electrons. The number of pyridine rings is 1. The molecule has 0 N–H and O–H groups in total. The zero-order chi connectivity index (χ0) is 15.1. The lowest BCUT2D eigenvalue weighted by atomic mass is 9.85. The van der Waals surface area contributed by atoms with Crippen LogP contribution in [0.5, 0.6) is 0 Å². The van der Waals surface area contributed by atoms with E-state index in [1.54, 1.807) is 0 Å². The molecule has 0 aliphatic rings. The van der Waals surface area contributed by atoms with Crippen molar-refractivity contribution in [1.82, 2.24) is 0 Å². The van der Waals surface area contributed by atoms with Crippen molar-refractivity contribution in [2.45, 2.75) is 47.0 Å². The maximum Gasteiger partial charge on any atom is 0.212 e. The largest absolute Gasteiger partial charge is 0.212 e. The van der Waals surface area contributed by atoms with Crippen LogP contribution >= 0.6 is 0 Å². The van der Waals surface area contributed by atoms with E-state index >= 15 is 0 Å². The second kappa shape index (κ2) is 5.05. The quantitative estimate of drug-likeness (QED) is 0.675. The van der Waals surface area contributed by atoms with Crippen LogP contribution < -0.4 is 4.57 Å². The average Bonchev–Trinajstić information content (AvgIpc) is 2.33. The van der Waals surface area contributed by atoms with Crippen LogP contribution in [-0.4, -0.2) is 0 Å². The van der Waals surface area contributed by atoms with Gasteiger partial charge in [-0.25, -0.2) is 4.57 Å². The van der Waals surface area contributed by atoms with Gasteiger partial charge in [-0.15, -0.1) is 0 Å². The number of nitrogens with zero attached hydrogens (tertiary/aromatic N) is 1. The summed E-state index contributed by atoms with van der Waals surface area (Å²) in [6, 6.07) is 9.14. The first-order valence-electron chi connectivity index (χ1n) is 7.28. The highest BCUT2D eigenvalue weighted by Gasteiger charge is 2.18. The van der Waals surface area contributed by atoms with Crippen LogP contribution in [0.15, 0.2) is 30.5 Å². The summed E-state index contributed by atoms with van der Waals surface area (Å²) in [4.78, 5) is 0. The lowest BCUT2D eigenvalue weighted by Crippen LogP contribution is -2.31. The summed E-state index contributed by atoms with van der Waals surface area (Å²) in [5.74, 6) is 0. The number of rotatable bonds is 1. The first-order valence-corrected chi connectivity index (χ1v) is 7.28. The molecule has 1 heterocycles. The third-order valence-corrected chi connectivity index (χ3v) is 4.11. The molecule has 1 aromatic heterocycles. The van der Waals surface area contributed by atoms with Gasteiger partial charge in [0.05, 0.1) is 0 Å². The van der Waals surface area contributed by atoms with Crippen LogP contribution in [0.3, 0.4) is 0 Å². The summed E-state index contributed by atoms with van der Waals surface area (Å²) in [6.07, 6.45) is 2.21. The molecule has 1 nitrogen and oxygen atoms in total. The number of hydrogen-bond donors (Lipinski definition) is 0. The SMILES string of the molecule is Cc1cc(-c2ccc(C(C)(C)C)cc2C)[n+](C)cc1C. The van der Waals surface area contributed by atoms with Gasteiger partial charge >= 0.3 is 0 Å². The highest BCUT2D eigenvalue weighted by Crippen LogP contribution is 2.28. The average molecular weight is 268 g/mol. The second-order valence-corrected chi connectivity index (χ2v) is 6.92. The standard InChI is InChI=1S/C19H26N/c1-13-11-18(20(7)12-15(13)3)17-9-8-16(10-14(17)2)19(4,5)6/h8-12H,1-7H3/q+1. The molecule has 0 saturated carbocycles. The lowest BCUT2D eigenvalue weighted by Gasteiger charge is -2.20. The van der Waals surface area contributed by atoms with Crippen molar-refractivity contribution in [3.63, 3.8) is 0 Å². The molecule has 2 aromatic rings. The minimum atomic E-state index is 0.203. The van der Waals surface area contributed by atoms with Gasteiger partial charge in [-0.05, 0) is 48.9 Å². The van der Waals surface area contributed by atoms with Gasteiger partial charge in [0, 0.05) is 17.2 Å². The van der Waals surface area contributed by atoms with Crippen molar-refractivity contribution in [3.05, 3.63) is 52.7 Å². The van der Waals surface area contributed by atoms with Gasteiger partial charge in [0.2, 0.25) is 5.69 Å². The Labute approximate surface area is 123 Å². The van der Waals surface area contributed by atoms with Crippen LogP contribution in [0, 0.1) is 20.8 Å². The van der Waals surface area contributed by atoms with Crippen LogP contribution in [0.25, 0.3) is 11.3 Å². The van der Waals surface area contributed by atoms with Crippen molar-refractivity contribution in [2.75, 3.05) is 0 Å². The molecule has 1 heteroatoms. The summed E-state index contributed by atoms with van der Waals surface area (Å²) in [6.45, 7) is 13.3. The summed E-state index contributed by atoms with van der Waals surface area (Å²) in [7, 11) is 2.12. The molecule has 20 heavy (non-hydrogen) atoms. The molecule has 0 aliphatic carbocycles. The van der Waals surface area contributed by atoms with E-state index in [4.69, 9.17) is 0 Å². The third kappa shape index (κ3) is 2.77. The second-order valence-electron chi connectivity index (χ2n) is 6.92. The van der Waals surface area contributed by atoms with E-state index < -0.39 is 0 Å². The molecule has 0 amide bonds. The van der Waals surface area contributed by atoms with Gasteiger partial charge in [-0.3, -0.25) is 0 Å². The number of aromatic nitrogens is 1. The summed E-state index contributed by atoms with van der Waals surface area (Å²) < 4.78 is 2.22. The minimum absolute atomic E-state index is 0.203. The molecule has 0 spiro atoms. The molecule has 0 unspecified atom stereocenters. The topological polar surface area (TPSA) is 3.88 Å². The monoisotopic (exact) mass is 268 g/mol. The number of benzene rings is 1. The van der Waals surface area contributed by atoms with Gasteiger partial charge < -0.3 is 0 Å². The molecule has 106 valence electrons. The molecule has 2 rings (SSSR count). The van der Waals surface area contributed by atoms with Gasteiger partial charge in [0.25, 0.3) is 0 Å². The molecule has 1 aromatic carbocycles. The summed E-state index contributed by atoms with van der Waals surface area (Å²) >= 11 is 0. The zero-order valence-electron chi connectivity index (χ0n) is 13.8. The van der Waals surface area contributed by atoms with Crippen molar-refractivity contribution in [3.8, 4) is 11.3 Å². The van der Waals surface area contributed by atoms with E-state index in [2.05, 4.69) is 83.6 Å². The van der Waals surface area contributed by atoms with E-state index in [1.165, 1.54) is 33.5 Å². The fraction of sp³-hybridized carbons (Fsp3) is 0.421. The number of aryl methyl sites for hydroxylation is 4. The van der Waals surface area contributed by atoms with Crippen LogP contribution in [-0.2, 0) is 12.5 Å². The molecular formula is C19H26N+. The molecule has 0 atom stereocenters. The van der Waals surface area contributed by atoms with Crippen molar-refractivity contribution in [1.29, 1.82) is 0 Å². The fourth-order valence-corrected chi connectivity index (χ4v) is 2.57. The molecule has 0 bridgehead atoms. The van der Waals surface area contributed by atoms with E-state index in [1.807, 2.05) is 0 Å². The summed E-state index contributed by atoms with van der Waals surface area (Å²) in [5, 5.41) is 0. The van der Waals surface area contributed by atoms with Crippen LogP contribution in [0.1, 0.15) is 43.0 Å². The maximum atomic E-state index is 2.32. The Morgan fingerprint density at radius 2 is 1.50 bits per heavy atom. The van der Waals surface area contributed by atoms with Gasteiger partial charge in [-0.1, -0.05) is 32.9 Å². The predicted molar refractivity (Wildman–Crippen MR) is 86.0 cm³/mol. The highest BCUT2D eigenvalue weighted by atomic mass is 14.9. The highest BCUT2D eigenvalue weighted by molar-refractivity contribution is 5.62. The Balaban J connectivity index is 2.57. The molecule has 0 fully saturated rings. The van der Waals surface area contributed by atoms with E-state index in [-0.39, 0.29) is 5.41 Å². The normalized spacial score (nSPS) is 11.8. The third-order valence-electron chi connectivity index (χ3n) is 4.11. The minimum Gasteiger partial charge on any atom is -0.201 e. The van der Waals surface area contributed by atoms with Crippen LogP contribution in [0.2, 0.25) is 0 Å². The van der Waals surface area contributed by atoms with Gasteiger partial charge in [0.15, 0.2) is 6.20 Å². The molecule has 0 saturated heterocycles. The molecular weight excluding hydrogens is 242 g/mol. The summed E-state index contributed by atoms with van der Waals surface area (Å²) in [5.41, 5.74) is 8.23. The van der Waals surface area contributed by atoms with E-state index in [0.717, 1.165) is 0 Å². The Morgan fingerprint density at radius 3 is 2.05 bits per heavy atom. The molecule has 0 aliphatic heterocycles. The number of hydrogen-bond acceptors (Lipinski definition) is 0. The van der Waals surface area contributed by atoms with E-state index in [9.17, 15) is 0 Å². The van der Waals surface area contributed by atoms with Crippen molar-refractivity contribution < 1.29 is 4.57 Å².